The van der Waals surface area contributed by atoms with E-state index in [1.165, 1.54) is 5.56 Å². The van der Waals surface area contributed by atoms with Gasteiger partial charge < -0.3 is 9.47 Å². The molecular formula is C28H31NO3. The topological polar surface area (TPSA) is 47.9 Å². The molecule has 4 nitrogen and oxygen atoms in total. The first-order valence-electron chi connectivity index (χ1n) is 11.3. The Kier molecular flexibility index (Phi) is 8.61. The predicted octanol–water partition coefficient (Wildman–Crippen LogP) is 7.35. The van der Waals surface area contributed by atoms with Crippen LogP contribution in [0.4, 0.5) is 5.69 Å². The van der Waals surface area contributed by atoms with Gasteiger partial charge in [0.15, 0.2) is 0 Å². The highest BCUT2D eigenvalue weighted by Gasteiger charge is 2.09. The van der Waals surface area contributed by atoms with E-state index < -0.39 is 5.97 Å². The van der Waals surface area contributed by atoms with Crippen LogP contribution >= 0.6 is 0 Å². The number of hydrogen-bond acceptors (Lipinski definition) is 4. The first-order chi connectivity index (χ1) is 15.6. The second kappa shape index (κ2) is 11.8. The van der Waals surface area contributed by atoms with Crippen molar-refractivity contribution in [2.75, 3.05) is 6.61 Å². The smallest absolute Gasteiger partial charge is 0.343 e. The van der Waals surface area contributed by atoms with Crippen LogP contribution in [0.2, 0.25) is 0 Å². The second-order valence-electron chi connectivity index (χ2n) is 7.84. The summed E-state index contributed by atoms with van der Waals surface area (Å²) in [4.78, 5) is 16.9. The van der Waals surface area contributed by atoms with Gasteiger partial charge >= 0.3 is 5.97 Å². The Balaban J connectivity index is 1.55. The van der Waals surface area contributed by atoms with Crippen molar-refractivity contribution < 1.29 is 14.3 Å². The number of aliphatic imine (C=N–C) groups is 1. The van der Waals surface area contributed by atoms with Crippen LogP contribution in [0, 0.1) is 0 Å². The van der Waals surface area contributed by atoms with E-state index in [0.29, 0.717) is 23.8 Å². The first-order valence-corrected chi connectivity index (χ1v) is 11.3. The highest BCUT2D eigenvalue weighted by molar-refractivity contribution is 5.91. The lowest BCUT2D eigenvalue weighted by atomic mass is 9.99. The van der Waals surface area contributed by atoms with Crippen LogP contribution in [0.25, 0.3) is 0 Å². The fraction of sp³-hybridized carbons (Fsp3) is 0.286. The number of ether oxygens (including phenoxy) is 2. The van der Waals surface area contributed by atoms with Crippen LogP contribution in [0.15, 0.2) is 77.8 Å². The van der Waals surface area contributed by atoms with Crippen LogP contribution in [0.5, 0.6) is 11.5 Å². The molecular weight excluding hydrogens is 398 g/mol. The third-order valence-corrected chi connectivity index (χ3v) is 5.38. The molecule has 0 spiro atoms. The fourth-order valence-electron chi connectivity index (χ4n) is 3.08. The quantitative estimate of drug-likeness (QED) is 0.146. The molecule has 3 rings (SSSR count). The molecule has 0 fully saturated rings. The number of esters is 1. The zero-order valence-electron chi connectivity index (χ0n) is 19.1. The molecule has 166 valence electrons. The van der Waals surface area contributed by atoms with E-state index in [1.54, 1.807) is 42.6 Å². The normalized spacial score (nSPS) is 12.0. The molecule has 3 aromatic rings. The molecule has 0 aliphatic heterocycles. The number of carbonyl (C=O) groups excluding carboxylic acids is 1. The van der Waals surface area contributed by atoms with Gasteiger partial charge in [0.05, 0.1) is 17.9 Å². The van der Waals surface area contributed by atoms with Gasteiger partial charge in [-0.05, 0) is 90.6 Å². The number of rotatable bonds is 10. The minimum atomic E-state index is -0.395. The van der Waals surface area contributed by atoms with Crippen molar-refractivity contribution in [1.82, 2.24) is 0 Å². The fourth-order valence-corrected chi connectivity index (χ4v) is 3.08. The number of carbonyl (C=O) groups is 1. The Hall–Kier alpha value is -3.40. The first kappa shape index (κ1) is 23.3. The zero-order chi connectivity index (χ0) is 22.8. The molecule has 1 atom stereocenters. The van der Waals surface area contributed by atoms with Crippen LogP contribution in [0.1, 0.15) is 67.4 Å². The van der Waals surface area contributed by atoms with Gasteiger partial charge in [0.25, 0.3) is 0 Å². The highest BCUT2D eigenvalue weighted by Crippen LogP contribution is 2.22. The number of nitrogens with zero attached hydrogens (tertiary/aromatic N) is 1. The van der Waals surface area contributed by atoms with Crippen molar-refractivity contribution in [2.45, 2.75) is 46.0 Å². The summed E-state index contributed by atoms with van der Waals surface area (Å²) in [6.07, 6.45) is 5.02. The summed E-state index contributed by atoms with van der Waals surface area (Å²) in [5, 5.41) is 0. The van der Waals surface area contributed by atoms with E-state index in [9.17, 15) is 4.79 Å². The van der Waals surface area contributed by atoms with Crippen LogP contribution < -0.4 is 9.47 Å². The standard InChI is InChI=1S/C28H31NO3/c1-4-6-19-31-26-17-11-24(12-18-26)28(30)32-27-15-7-22(8-16-27)20-29-25-13-9-23(10-14-25)21(3)5-2/h7-18,20-21H,4-6,19H2,1-3H3/t21-/m0/s1. The minimum Gasteiger partial charge on any atom is -0.494 e. The van der Waals surface area contributed by atoms with E-state index in [1.807, 2.05) is 24.3 Å². The lowest BCUT2D eigenvalue weighted by Crippen LogP contribution is -2.08. The number of benzene rings is 3. The molecule has 0 radical (unpaired) electrons. The Morgan fingerprint density at radius 3 is 2.19 bits per heavy atom. The molecule has 32 heavy (non-hydrogen) atoms. The van der Waals surface area contributed by atoms with Crippen LogP contribution in [-0.4, -0.2) is 18.8 Å². The average molecular weight is 430 g/mol. The Bertz CT molecular complexity index is 1010. The average Bonchev–Trinajstić information content (AvgIpc) is 2.84. The van der Waals surface area contributed by atoms with E-state index >= 15 is 0 Å². The Morgan fingerprint density at radius 2 is 1.56 bits per heavy atom. The second-order valence-corrected chi connectivity index (χ2v) is 7.84. The molecule has 0 aromatic heterocycles. The molecule has 0 heterocycles. The molecule has 0 aliphatic carbocycles. The third-order valence-electron chi connectivity index (χ3n) is 5.38. The minimum absolute atomic E-state index is 0.395. The SMILES string of the molecule is CCCCOc1ccc(C(=O)Oc2ccc(C=Nc3ccc([C@@H](C)CC)cc3)cc2)cc1. The van der Waals surface area contributed by atoms with Crippen molar-refractivity contribution in [3.63, 3.8) is 0 Å². The summed E-state index contributed by atoms with van der Waals surface area (Å²) < 4.78 is 11.1. The van der Waals surface area contributed by atoms with Gasteiger partial charge in [0.1, 0.15) is 11.5 Å². The largest absolute Gasteiger partial charge is 0.494 e. The number of hydrogen-bond donors (Lipinski definition) is 0. The molecule has 0 saturated carbocycles. The maximum Gasteiger partial charge on any atom is 0.343 e. The molecule has 4 heteroatoms. The Morgan fingerprint density at radius 1 is 0.906 bits per heavy atom. The van der Waals surface area contributed by atoms with Gasteiger partial charge in [0.2, 0.25) is 0 Å². The molecule has 0 saturated heterocycles. The maximum atomic E-state index is 12.4. The van der Waals surface area contributed by atoms with Crippen molar-refractivity contribution in [3.8, 4) is 11.5 Å². The van der Waals surface area contributed by atoms with E-state index in [-0.39, 0.29) is 0 Å². The summed E-state index contributed by atoms with van der Waals surface area (Å²) in [6.45, 7) is 7.22. The van der Waals surface area contributed by atoms with Crippen molar-refractivity contribution in [3.05, 3.63) is 89.5 Å². The molecule has 0 unspecified atom stereocenters. The van der Waals surface area contributed by atoms with Crippen LogP contribution in [-0.2, 0) is 0 Å². The van der Waals surface area contributed by atoms with Gasteiger partial charge in [-0.25, -0.2) is 4.79 Å². The monoisotopic (exact) mass is 429 g/mol. The van der Waals surface area contributed by atoms with Crippen molar-refractivity contribution in [2.24, 2.45) is 4.99 Å². The van der Waals surface area contributed by atoms with Gasteiger partial charge in [-0.1, -0.05) is 39.3 Å². The van der Waals surface area contributed by atoms with Crippen molar-refractivity contribution >= 4 is 17.9 Å². The van der Waals surface area contributed by atoms with Gasteiger partial charge in [-0.15, -0.1) is 0 Å². The lowest BCUT2D eigenvalue weighted by Gasteiger charge is -2.08. The summed E-state index contributed by atoms with van der Waals surface area (Å²) in [5.41, 5.74) is 3.66. The third kappa shape index (κ3) is 6.81. The highest BCUT2D eigenvalue weighted by atomic mass is 16.5. The van der Waals surface area contributed by atoms with Gasteiger partial charge in [-0.2, -0.15) is 0 Å². The van der Waals surface area contributed by atoms with Crippen molar-refractivity contribution in [1.29, 1.82) is 0 Å². The van der Waals surface area contributed by atoms with Gasteiger partial charge in [0, 0.05) is 6.21 Å². The number of unbranched alkanes of at least 4 members (excludes halogenated alkanes) is 1. The summed E-state index contributed by atoms with van der Waals surface area (Å²) in [5.74, 6) is 1.41. The Labute approximate surface area is 190 Å². The summed E-state index contributed by atoms with van der Waals surface area (Å²) in [7, 11) is 0. The van der Waals surface area contributed by atoms with E-state index in [0.717, 1.165) is 36.3 Å². The van der Waals surface area contributed by atoms with Gasteiger partial charge in [-0.3, -0.25) is 4.99 Å². The molecule has 0 bridgehead atoms. The summed E-state index contributed by atoms with van der Waals surface area (Å²) >= 11 is 0. The molecule has 0 N–H and O–H groups in total. The zero-order valence-corrected chi connectivity index (χ0v) is 19.1. The van der Waals surface area contributed by atoms with E-state index in [2.05, 4.69) is 37.9 Å². The summed E-state index contributed by atoms with van der Waals surface area (Å²) in [6, 6.07) is 22.7. The van der Waals surface area contributed by atoms with Crippen LogP contribution in [0.3, 0.4) is 0 Å². The molecule has 0 aliphatic rings. The maximum absolute atomic E-state index is 12.4. The predicted molar refractivity (Wildman–Crippen MR) is 131 cm³/mol. The molecule has 0 amide bonds. The van der Waals surface area contributed by atoms with E-state index in [4.69, 9.17) is 9.47 Å². The molecule has 3 aromatic carbocycles. The lowest BCUT2D eigenvalue weighted by molar-refractivity contribution is 0.0734.